The number of aryl methyl sites for hydroxylation is 1. The molecule has 1 saturated heterocycles. The molecule has 0 aromatic carbocycles. The van der Waals surface area contributed by atoms with Crippen LogP contribution in [0.15, 0.2) is 15.4 Å². The Labute approximate surface area is 122 Å². The Balaban J connectivity index is 2.03. The van der Waals surface area contributed by atoms with E-state index in [1.165, 1.54) is 0 Å². The van der Waals surface area contributed by atoms with Gasteiger partial charge in [0.05, 0.1) is 6.61 Å². The number of rotatable bonds is 3. The molecule has 6 nitrogen and oxygen atoms in total. The third-order valence-corrected chi connectivity index (χ3v) is 4.06. The number of hydrogen-bond acceptors (Lipinski definition) is 5. The summed E-state index contributed by atoms with van der Waals surface area (Å²) < 4.78 is 12.3. The summed E-state index contributed by atoms with van der Waals surface area (Å²) in [6, 6.07) is 1.84. The fourth-order valence-electron chi connectivity index (χ4n) is 2.85. The molecule has 0 radical (unpaired) electrons. The molecule has 6 heteroatoms. The lowest BCUT2D eigenvalue weighted by Gasteiger charge is -2.10. The molecule has 0 unspecified atom stereocenters. The van der Waals surface area contributed by atoms with Crippen molar-refractivity contribution in [1.82, 2.24) is 14.7 Å². The van der Waals surface area contributed by atoms with Crippen molar-refractivity contribution >= 4 is 0 Å². The molecule has 0 aliphatic carbocycles. The number of pyridine rings is 1. The lowest BCUT2D eigenvalue weighted by Crippen LogP contribution is -2.23. The van der Waals surface area contributed by atoms with Crippen LogP contribution in [-0.2, 0) is 18.2 Å². The maximum absolute atomic E-state index is 12.4. The molecule has 0 saturated carbocycles. The topological polar surface area (TPSA) is 70.2 Å². The molecule has 112 valence electrons. The van der Waals surface area contributed by atoms with Gasteiger partial charge in [-0.05, 0) is 31.4 Å². The SMILES string of the molecule is CCc1c(C)cc(-c2nc([C@@H]3CCOC3)no2)c(=O)n1C. The minimum atomic E-state index is -0.102. The van der Waals surface area contributed by atoms with Gasteiger partial charge in [0.2, 0.25) is 0 Å². The van der Waals surface area contributed by atoms with Crippen LogP contribution in [0.2, 0.25) is 0 Å². The second kappa shape index (κ2) is 5.44. The molecule has 2 aromatic heterocycles. The standard InChI is InChI=1S/C15H19N3O3/c1-4-12-9(2)7-11(15(19)18(12)3)14-16-13(17-21-14)10-5-6-20-8-10/h7,10H,4-6,8H2,1-3H3/t10-/m1/s1. The largest absolute Gasteiger partial charge is 0.381 e. The molecule has 1 aliphatic rings. The van der Waals surface area contributed by atoms with Gasteiger partial charge in [-0.25, -0.2) is 0 Å². The van der Waals surface area contributed by atoms with E-state index in [0.717, 1.165) is 30.7 Å². The highest BCUT2D eigenvalue weighted by molar-refractivity contribution is 5.53. The van der Waals surface area contributed by atoms with Gasteiger partial charge in [-0.15, -0.1) is 0 Å². The zero-order chi connectivity index (χ0) is 15.0. The van der Waals surface area contributed by atoms with Crippen LogP contribution in [0.1, 0.15) is 36.3 Å². The van der Waals surface area contributed by atoms with E-state index in [4.69, 9.17) is 9.26 Å². The molecule has 3 heterocycles. The van der Waals surface area contributed by atoms with Crippen molar-refractivity contribution in [3.05, 3.63) is 33.5 Å². The fourth-order valence-corrected chi connectivity index (χ4v) is 2.85. The van der Waals surface area contributed by atoms with Crippen LogP contribution in [-0.4, -0.2) is 27.9 Å². The van der Waals surface area contributed by atoms with Crippen LogP contribution in [0, 0.1) is 6.92 Å². The highest BCUT2D eigenvalue weighted by Gasteiger charge is 2.24. The van der Waals surface area contributed by atoms with Gasteiger partial charge in [-0.1, -0.05) is 12.1 Å². The van der Waals surface area contributed by atoms with Crippen LogP contribution in [0.3, 0.4) is 0 Å². The lowest BCUT2D eigenvalue weighted by molar-refractivity contribution is 0.192. The van der Waals surface area contributed by atoms with Crippen molar-refractivity contribution in [3.63, 3.8) is 0 Å². The summed E-state index contributed by atoms with van der Waals surface area (Å²) >= 11 is 0. The minimum Gasteiger partial charge on any atom is -0.381 e. The molecule has 0 N–H and O–H groups in total. The summed E-state index contributed by atoms with van der Waals surface area (Å²) in [4.78, 5) is 16.8. The van der Waals surface area contributed by atoms with Gasteiger partial charge in [0.25, 0.3) is 11.4 Å². The Bertz CT molecular complexity index is 711. The third-order valence-electron chi connectivity index (χ3n) is 4.06. The minimum absolute atomic E-state index is 0.102. The molecule has 3 rings (SSSR count). The summed E-state index contributed by atoms with van der Waals surface area (Å²) in [6.07, 6.45) is 1.71. The Morgan fingerprint density at radius 2 is 2.29 bits per heavy atom. The van der Waals surface area contributed by atoms with E-state index in [1.54, 1.807) is 11.6 Å². The predicted octanol–water partition coefficient (Wildman–Crippen LogP) is 1.81. The monoisotopic (exact) mass is 289 g/mol. The average molecular weight is 289 g/mol. The number of nitrogens with zero attached hydrogens (tertiary/aromatic N) is 3. The van der Waals surface area contributed by atoms with Crippen molar-refractivity contribution < 1.29 is 9.26 Å². The molecule has 0 spiro atoms. The molecule has 0 bridgehead atoms. The fraction of sp³-hybridized carbons (Fsp3) is 0.533. The smallest absolute Gasteiger partial charge is 0.263 e. The van der Waals surface area contributed by atoms with Crippen molar-refractivity contribution in [2.75, 3.05) is 13.2 Å². The summed E-state index contributed by atoms with van der Waals surface area (Å²) in [7, 11) is 1.78. The van der Waals surface area contributed by atoms with Crippen molar-refractivity contribution in [3.8, 4) is 11.5 Å². The van der Waals surface area contributed by atoms with Gasteiger partial charge in [0.1, 0.15) is 5.56 Å². The van der Waals surface area contributed by atoms with E-state index < -0.39 is 0 Å². The summed E-state index contributed by atoms with van der Waals surface area (Å²) in [5.41, 5.74) is 2.44. The van der Waals surface area contributed by atoms with Crippen molar-refractivity contribution in [2.24, 2.45) is 7.05 Å². The Hall–Kier alpha value is -1.95. The van der Waals surface area contributed by atoms with Gasteiger partial charge in [-0.2, -0.15) is 4.98 Å². The van der Waals surface area contributed by atoms with Gasteiger partial charge >= 0.3 is 0 Å². The van der Waals surface area contributed by atoms with E-state index >= 15 is 0 Å². The molecule has 1 atom stereocenters. The molecule has 1 aliphatic heterocycles. The first-order valence-corrected chi connectivity index (χ1v) is 7.23. The second-order valence-electron chi connectivity index (χ2n) is 5.42. The quantitative estimate of drug-likeness (QED) is 0.862. The van der Waals surface area contributed by atoms with E-state index in [1.807, 2.05) is 19.9 Å². The van der Waals surface area contributed by atoms with Crippen LogP contribution >= 0.6 is 0 Å². The van der Waals surface area contributed by atoms with Gasteiger partial charge in [-0.3, -0.25) is 4.79 Å². The van der Waals surface area contributed by atoms with Crippen LogP contribution in [0.5, 0.6) is 0 Å². The van der Waals surface area contributed by atoms with E-state index in [2.05, 4.69) is 10.1 Å². The average Bonchev–Trinajstić information content (AvgIpc) is 3.13. The van der Waals surface area contributed by atoms with Crippen molar-refractivity contribution in [1.29, 1.82) is 0 Å². The number of ether oxygens (including phenoxy) is 1. The van der Waals surface area contributed by atoms with E-state index in [0.29, 0.717) is 23.9 Å². The van der Waals surface area contributed by atoms with E-state index in [-0.39, 0.29) is 11.5 Å². The zero-order valence-corrected chi connectivity index (χ0v) is 12.5. The second-order valence-corrected chi connectivity index (χ2v) is 5.42. The maximum atomic E-state index is 12.4. The number of hydrogen-bond donors (Lipinski definition) is 0. The molecule has 0 amide bonds. The normalized spacial score (nSPS) is 18.3. The Morgan fingerprint density at radius 1 is 1.48 bits per heavy atom. The van der Waals surface area contributed by atoms with Crippen LogP contribution in [0.25, 0.3) is 11.5 Å². The lowest BCUT2D eigenvalue weighted by atomic mass is 10.1. The summed E-state index contributed by atoms with van der Waals surface area (Å²) in [5, 5.41) is 4.00. The molecule has 1 fully saturated rings. The Kier molecular flexibility index (Phi) is 3.63. The highest BCUT2D eigenvalue weighted by Crippen LogP contribution is 2.25. The summed E-state index contributed by atoms with van der Waals surface area (Å²) in [5.74, 6) is 1.09. The molecule has 2 aromatic rings. The van der Waals surface area contributed by atoms with Crippen LogP contribution in [0.4, 0.5) is 0 Å². The number of aromatic nitrogens is 3. The maximum Gasteiger partial charge on any atom is 0.263 e. The zero-order valence-electron chi connectivity index (χ0n) is 12.5. The van der Waals surface area contributed by atoms with Gasteiger partial charge in [0.15, 0.2) is 5.82 Å². The van der Waals surface area contributed by atoms with Crippen LogP contribution < -0.4 is 5.56 Å². The molecule has 21 heavy (non-hydrogen) atoms. The molecular formula is C15H19N3O3. The Morgan fingerprint density at radius 3 is 2.95 bits per heavy atom. The van der Waals surface area contributed by atoms with Gasteiger partial charge < -0.3 is 13.8 Å². The summed E-state index contributed by atoms with van der Waals surface area (Å²) in [6.45, 7) is 5.36. The first-order valence-electron chi connectivity index (χ1n) is 7.23. The van der Waals surface area contributed by atoms with E-state index in [9.17, 15) is 4.79 Å². The van der Waals surface area contributed by atoms with Crippen molar-refractivity contribution in [2.45, 2.75) is 32.6 Å². The highest BCUT2D eigenvalue weighted by atomic mass is 16.5. The first-order chi connectivity index (χ1) is 10.1. The van der Waals surface area contributed by atoms with Gasteiger partial charge in [0, 0.05) is 25.3 Å². The first kappa shape index (κ1) is 14.0. The predicted molar refractivity (Wildman–Crippen MR) is 77.3 cm³/mol. The molecular weight excluding hydrogens is 270 g/mol. The third kappa shape index (κ3) is 2.40.